The fraction of sp³-hybridized carbons (Fsp3) is 0.190. The number of carbonyl (C=O) groups excluding carboxylic acids is 2. The van der Waals surface area contributed by atoms with E-state index in [1.807, 2.05) is 30.3 Å². The van der Waals surface area contributed by atoms with Crippen LogP contribution in [0.25, 0.3) is 11.1 Å². The second-order valence-corrected chi connectivity index (χ2v) is 7.12. The van der Waals surface area contributed by atoms with Crippen LogP contribution in [0, 0.1) is 0 Å². The molecular weight excluding hydrogens is 392 g/mol. The van der Waals surface area contributed by atoms with Crippen molar-refractivity contribution in [3.05, 3.63) is 65.3 Å². The lowest BCUT2D eigenvalue weighted by Crippen LogP contribution is -2.24. The van der Waals surface area contributed by atoms with E-state index in [1.54, 1.807) is 36.1 Å². The quantitative estimate of drug-likeness (QED) is 0.646. The van der Waals surface area contributed by atoms with E-state index < -0.39 is 6.04 Å². The third kappa shape index (κ3) is 3.87. The van der Waals surface area contributed by atoms with Crippen LogP contribution in [-0.4, -0.2) is 28.7 Å². The summed E-state index contributed by atoms with van der Waals surface area (Å²) in [5, 5.41) is 10.7. The molecule has 1 aromatic heterocycles. The number of hydrogen-bond acceptors (Lipinski definition) is 4. The Labute approximate surface area is 172 Å². The lowest BCUT2D eigenvalue weighted by Gasteiger charge is -2.10. The largest absolute Gasteiger partial charge is 0.378 e. The van der Waals surface area contributed by atoms with Crippen molar-refractivity contribution < 1.29 is 14.3 Å². The Morgan fingerprint density at radius 2 is 2.03 bits per heavy atom. The summed E-state index contributed by atoms with van der Waals surface area (Å²) >= 11 is 5.96. The van der Waals surface area contributed by atoms with Gasteiger partial charge in [0.05, 0.1) is 18.7 Å². The summed E-state index contributed by atoms with van der Waals surface area (Å²) in [6.07, 6.45) is -0.0479. The standard InChI is InChI=1S/C21H19ClN4O3/c1-29-12-16-19(13-6-3-2-4-7-13)20-24-21(28)17(26(20)25-16)11-18(27)23-15-9-5-8-14(22)10-15/h2-10,17H,11-12H2,1H3,(H,23,27)(H,24,28). The molecule has 1 atom stereocenters. The first-order valence-electron chi connectivity index (χ1n) is 9.09. The molecule has 0 radical (unpaired) electrons. The molecule has 29 heavy (non-hydrogen) atoms. The third-order valence-corrected chi connectivity index (χ3v) is 4.89. The zero-order valence-corrected chi connectivity index (χ0v) is 16.4. The molecule has 0 bridgehead atoms. The Balaban J connectivity index is 1.62. The number of aromatic nitrogens is 2. The lowest BCUT2D eigenvalue weighted by molar-refractivity contribution is -0.123. The summed E-state index contributed by atoms with van der Waals surface area (Å²) in [7, 11) is 1.59. The first-order valence-corrected chi connectivity index (χ1v) is 9.46. The van der Waals surface area contributed by atoms with Crippen LogP contribution in [0.2, 0.25) is 5.02 Å². The number of ether oxygens (including phenoxy) is 1. The van der Waals surface area contributed by atoms with Gasteiger partial charge in [-0.1, -0.05) is 48.0 Å². The normalized spacial score (nSPS) is 15.1. The zero-order chi connectivity index (χ0) is 20.4. The van der Waals surface area contributed by atoms with Gasteiger partial charge in [-0.2, -0.15) is 5.10 Å². The number of hydrogen-bond donors (Lipinski definition) is 2. The van der Waals surface area contributed by atoms with Crippen molar-refractivity contribution in [3.8, 4) is 11.1 Å². The second-order valence-electron chi connectivity index (χ2n) is 6.68. The van der Waals surface area contributed by atoms with Crippen molar-refractivity contribution >= 4 is 34.9 Å². The zero-order valence-electron chi connectivity index (χ0n) is 15.7. The number of fused-ring (bicyclic) bond motifs is 1. The van der Waals surface area contributed by atoms with Gasteiger partial charge in [-0.25, -0.2) is 4.68 Å². The van der Waals surface area contributed by atoms with E-state index >= 15 is 0 Å². The van der Waals surface area contributed by atoms with E-state index in [1.165, 1.54) is 0 Å². The van der Waals surface area contributed by atoms with Crippen molar-refractivity contribution in [2.45, 2.75) is 19.1 Å². The molecule has 0 fully saturated rings. The fourth-order valence-electron chi connectivity index (χ4n) is 3.42. The molecule has 1 aliphatic heterocycles. The van der Waals surface area contributed by atoms with E-state index in [4.69, 9.17) is 16.3 Å². The van der Waals surface area contributed by atoms with Gasteiger partial charge in [-0.3, -0.25) is 9.59 Å². The average Bonchev–Trinajstić information content (AvgIpc) is 3.18. The van der Waals surface area contributed by atoms with Gasteiger partial charge < -0.3 is 15.4 Å². The summed E-state index contributed by atoms with van der Waals surface area (Å²) in [5.41, 5.74) is 3.00. The number of benzene rings is 2. The number of amides is 2. The summed E-state index contributed by atoms with van der Waals surface area (Å²) in [4.78, 5) is 25.1. The number of rotatable bonds is 6. The van der Waals surface area contributed by atoms with Crippen molar-refractivity contribution in [2.75, 3.05) is 17.7 Å². The van der Waals surface area contributed by atoms with Crippen molar-refractivity contribution in [3.63, 3.8) is 0 Å². The third-order valence-electron chi connectivity index (χ3n) is 4.65. The summed E-state index contributed by atoms with van der Waals surface area (Å²) in [5.74, 6) is 0.00835. The second kappa shape index (κ2) is 8.06. The van der Waals surface area contributed by atoms with Gasteiger partial charge in [0.2, 0.25) is 5.91 Å². The topological polar surface area (TPSA) is 85.2 Å². The van der Waals surface area contributed by atoms with E-state index in [-0.39, 0.29) is 18.2 Å². The summed E-state index contributed by atoms with van der Waals surface area (Å²) in [6.45, 7) is 0.293. The smallest absolute Gasteiger partial charge is 0.251 e. The monoisotopic (exact) mass is 410 g/mol. The highest BCUT2D eigenvalue weighted by molar-refractivity contribution is 6.30. The molecule has 1 aliphatic rings. The Morgan fingerprint density at radius 3 is 2.76 bits per heavy atom. The maximum absolute atomic E-state index is 12.6. The van der Waals surface area contributed by atoms with E-state index in [9.17, 15) is 9.59 Å². The predicted molar refractivity (Wildman–Crippen MR) is 111 cm³/mol. The lowest BCUT2D eigenvalue weighted by atomic mass is 10.1. The Kier molecular flexibility index (Phi) is 5.33. The SMILES string of the molecule is COCc1nn2c(c1-c1ccccc1)NC(=O)C2CC(=O)Nc1cccc(Cl)c1. The molecule has 2 aromatic carbocycles. The maximum atomic E-state index is 12.6. The maximum Gasteiger partial charge on any atom is 0.251 e. The molecule has 0 aliphatic carbocycles. The minimum Gasteiger partial charge on any atom is -0.378 e. The molecule has 148 valence electrons. The first kappa shape index (κ1) is 19.2. The Hall–Kier alpha value is -3.16. The number of carbonyl (C=O) groups is 2. The molecule has 4 rings (SSSR count). The van der Waals surface area contributed by atoms with E-state index in [0.717, 1.165) is 11.1 Å². The van der Waals surface area contributed by atoms with Gasteiger partial charge in [0, 0.05) is 23.4 Å². The minimum absolute atomic E-state index is 0.0479. The Bertz CT molecular complexity index is 1070. The molecule has 0 saturated heterocycles. The minimum atomic E-state index is -0.739. The van der Waals surface area contributed by atoms with E-state index in [0.29, 0.717) is 28.8 Å². The molecule has 2 heterocycles. The predicted octanol–water partition coefficient (Wildman–Crippen LogP) is 3.87. The molecule has 7 nitrogen and oxygen atoms in total. The highest BCUT2D eigenvalue weighted by Crippen LogP contribution is 2.38. The summed E-state index contributed by atoms with van der Waals surface area (Å²) < 4.78 is 6.86. The first-order chi connectivity index (χ1) is 14.1. The van der Waals surface area contributed by atoms with Crippen LogP contribution in [0.4, 0.5) is 11.5 Å². The highest BCUT2D eigenvalue weighted by Gasteiger charge is 2.37. The molecule has 0 spiro atoms. The van der Waals surface area contributed by atoms with Crippen molar-refractivity contribution in [1.82, 2.24) is 9.78 Å². The molecule has 3 aromatic rings. The Morgan fingerprint density at radius 1 is 1.24 bits per heavy atom. The highest BCUT2D eigenvalue weighted by atomic mass is 35.5. The van der Waals surface area contributed by atoms with E-state index in [2.05, 4.69) is 15.7 Å². The van der Waals surface area contributed by atoms with Crippen LogP contribution in [0.15, 0.2) is 54.6 Å². The van der Waals surface area contributed by atoms with Gasteiger partial charge in [0.15, 0.2) is 0 Å². The molecule has 8 heteroatoms. The molecule has 1 unspecified atom stereocenters. The summed E-state index contributed by atoms with van der Waals surface area (Å²) in [6, 6.07) is 15.8. The van der Waals surface area contributed by atoms with Crippen molar-refractivity contribution in [2.24, 2.45) is 0 Å². The fourth-order valence-corrected chi connectivity index (χ4v) is 3.61. The number of methoxy groups -OCH3 is 1. The van der Waals surface area contributed by atoms with Gasteiger partial charge in [0.25, 0.3) is 5.91 Å². The van der Waals surface area contributed by atoms with Gasteiger partial charge in [0.1, 0.15) is 11.9 Å². The van der Waals surface area contributed by atoms with Crippen LogP contribution >= 0.6 is 11.6 Å². The van der Waals surface area contributed by atoms with Crippen LogP contribution in [-0.2, 0) is 20.9 Å². The van der Waals surface area contributed by atoms with Crippen LogP contribution in [0.1, 0.15) is 18.2 Å². The van der Waals surface area contributed by atoms with Gasteiger partial charge in [-0.15, -0.1) is 0 Å². The van der Waals surface area contributed by atoms with Gasteiger partial charge in [-0.05, 0) is 23.8 Å². The molecule has 0 saturated carbocycles. The number of halogens is 1. The molecule has 2 N–H and O–H groups in total. The van der Waals surface area contributed by atoms with Crippen LogP contribution in [0.5, 0.6) is 0 Å². The van der Waals surface area contributed by atoms with Crippen LogP contribution < -0.4 is 10.6 Å². The van der Waals surface area contributed by atoms with Crippen molar-refractivity contribution in [1.29, 1.82) is 0 Å². The van der Waals surface area contributed by atoms with Gasteiger partial charge >= 0.3 is 0 Å². The molecule has 2 amide bonds. The number of anilines is 2. The average molecular weight is 411 g/mol. The number of nitrogens with zero attached hydrogens (tertiary/aromatic N) is 2. The molecular formula is C21H19ClN4O3. The van der Waals surface area contributed by atoms with Crippen LogP contribution in [0.3, 0.4) is 0 Å². The number of nitrogens with one attached hydrogen (secondary N) is 2.